The maximum absolute atomic E-state index is 13.2. The molecule has 0 aromatic heterocycles. The summed E-state index contributed by atoms with van der Waals surface area (Å²) < 4.78 is 13.2. The van der Waals surface area contributed by atoms with Gasteiger partial charge >= 0.3 is 0 Å². The highest BCUT2D eigenvalue weighted by Crippen LogP contribution is 2.24. The molecular formula is C21H25FN4O2S. The number of carbonyl (C=O) groups is 2. The highest BCUT2D eigenvalue weighted by Gasteiger charge is 2.21. The number of para-hydroxylation sites is 1. The Morgan fingerprint density at radius 3 is 2.17 bits per heavy atom. The fourth-order valence-electron chi connectivity index (χ4n) is 3.22. The summed E-state index contributed by atoms with van der Waals surface area (Å²) in [6, 6.07) is 13.6. The number of rotatable bonds is 7. The largest absolute Gasteiger partial charge is 0.325 e. The summed E-state index contributed by atoms with van der Waals surface area (Å²) in [6.45, 7) is 3.40. The van der Waals surface area contributed by atoms with Gasteiger partial charge < -0.3 is 10.6 Å². The summed E-state index contributed by atoms with van der Waals surface area (Å²) in [7, 11) is 0. The second-order valence-corrected chi connectivity index (χ2v) is 7.71. The fourth-order valence-corrected chi connectivity index (χ4v) is 3.77. The number of thioether (sulfide) groups is 1. The standard InChI is InChI=1S/C21H25FN4O2S/c1-29-19-8-3-2-7-18(19)24-21(28)15-26-11-9-25(10-12-26)14-20(27)23-17-6-4-5-16(22)13-17/h2-8,13H,9-12,14-15H2,1H3,(H,23,27)(H,24,28). The van der Waals surface area contributed by atoms with Crippen LogP contribution in [-0.4, -0.2) is 67.1 Å². The summed E-state index contributed by atoms with van der Waals surface area (Å²) in [4.78, 5) is 29.7. The zero-order chi connectivity index (χ0) is 20.6. The number of anilines is 2. The normalized spacial score (nSPS) is 15.1. The summed E-state index contributed by atoms with van der Waals surface area (Å²) in [5.41, 5.74) is 1.29. The number of piperazine rings is 1. The van der Waals surface area contributed by atoms with Gasteiger partial charge in [0.2, 0.25) is 11.8 Å². The molecule has 0 atom stereocenters. The van der Waals surface area contributed by atoms with E-state index >= 15 is 0 Å². The number of amides is 2. The lowest BCUT2D eigenvalue weighted by Gasteiger charge is -2.33. The molecule has 6 nitrogen and oxygen atoms in total. The predicted octanol–water partition coefficient (Wildman–Crippen LogP) is 2.74. The summed E-state index contributed by atoms with van der Waals surface area (Å²) >= 11 is 1.60. The maximum Gasteiger partial charge on any atom is 0.238 e. The van der Waals surface area contributed by atoms with Crippen molar-refractivity contribution in [2.75, 3.05) is 56.2 Å². The minimum absolute atomic E-state index is 0.0382. The summed E-state index contributed by atoms with van der Waals surface area (Å²) in [5.74, 6) is -0.589. The molecule has 8 heteroatoms. The Hall–Kier alpha value is -2.42. The Balaban J connectivity index is 1.41. The van der Waals surface area contributed by atoms with E-state index in [-0.39, 0.29) is 24.2 Å². The first kappa shape index (κ1) is 21.3. The summed E-state index contributed by atoms with van der Waals surface area (Å²) in [6.07, 6.45) is 1.98. The Bertz CT molecular complexity index is 856. The first-order valence-electron chi connectivity index (χ1n) is 9.46. The van der Waals surface area contributed by atoms with Crippen LogP contribution in [0.1, 0.15) is 0 Å². The molecule has 0 saturated carbocycles. The monoisotopic (exact) mass is 416 g/mol. The molecule has 1 saturated heterocycles. The van der Waals surface area contributed by atoms with Crippen LogP contribution < -0.4 is 10.6 Å². The molecule has 0 radical (unpaired) electrons. The minimum atomic E-state index is -0.380. The molecule has 154 valence electrons. The van der Waals surface area contributed by atoms with Gasteiger partial charge in [0.05, 0.1) is 18.8 Å². The Labute approximate surface area is 174 Å². The average molecular weight is 417 g/mol. The minimum Gasteiger partial charge on any atom is -0.325 e. The van der Waals surface area contributed by atoms with Gasteiger partial charge in [-0.05, 0) is 36.6 Å². The van der Waals surface area contributed by atoms with E-state index in [1.54, 1.807) is 23.9 Å². The molecule has 2 aromatic carbocycles. The molecule has 0 bridgehead atoms. The molecule has 0 spiro atoms. The third-order valence-electron chi connectivity index (χ3n) is 4.69. The van der Waals surface area contributed by atoms with Crippen molar-refractivity contribution >= 4 is 35.0 Å². The molecular weight excluding hydrogens is 391 g/mol. The molecule has 3 rings (SSSR count). The quantitative estimate of drug-likeness (QED) is 0.680. The van der Waals surface area contributed by atoms with E-state index in [1.807, 2.05) is 35.4 Å². The van der Waals surface area contributed by atoms with Gasteiger partial charge in [-0.1, -0.05) is 18.2 Å². The van der Waals surface area contributed by atoms with Crippen molar-refractivity contribution in [2.45, 2.75) is 4.90 Å². The number of carbonyl (C=O) groups excluding carboxylic acids is 2. The number of benzene rings is 2. The lowest BCUT2D eigenvalue weighted by atomic mass is 10.2. The molecule has 1 heterocycles. The van der Waals surface area contributed by atoms with Crippen molar-refractivity contribution in [3.63, 3.8) is 0 Å². The lowest BCUT2D eigenvalue weighted by Crippen LogP contribution is -2.50. The Morgan fingerprint density at radius 2 is 1.55 bits per heavy atom. The Kier molecular flexibility index (Phi) is 7.62. The van der Waals surface area contributed by atoms with Crippen LogP contribution in [0, 0.1) is 5.82 Å². The smallest absolute Gasteiger partial charge is 0.238 e. The number of nitrogens with one attached hydrogen (secondary N) is 2. The van der Waals surface area contributed by atoms with Crippen molar-refractivity contribution in [2.24, 2.45) is 0 Å². The molecule has 1 fully saturated rings. The second kappa shape index (κ2) is 10.4. The van der Waals surface area contributed by atoms with Crippen LogP contribution in [0.5, 0.6) is 0 Å². The Morgan fingerprint density at radius 1 is 0.931 bits per heavy atom. The van der Waals surface area contributed by atoms with E-state index < -0.39 is 0 Å². The molecule has 0 unspecified atom stereocenters. The van der Waals surface area contributed by atoms with Crippen LogP contribution in [0.2, 0.25) is 0 Å². The molecule has 2 aromatic rings. The van der Waals surface area contributed by atoms with Gasteiger partial charge in [0.25, 0.3) is 0 Å². The van der Waals surface area contributed by atoms with Gasteiger partial charge in [-0.15, -0.1) is 11.8 Å². The van der Waals surface area contributed by atoms with Gasteiger partial charge in [-0.3, -0.25) is 19.4 Å². The van der Waals surface area contributed by atoms with Crippen molar-refractivity contribution < 1.29 is 14.0 Å². The van der Waals surface area contributed by atoms with Crippen molar-refractivity contribution in [1.29, 1.82) is 0 Å². The number of hydrogen-bond acceptors (Lipinski definition) is 5. The highest BCUT2D eigenvalue weighted by molar-refractivity contribution is 7.98. The number of hydrogen-bond donors (Lipinski definition) is 2. The van der Waals surface area contributed by atoms with Crippen LogP contribution in [0.25, 0.3) is 0 Å². The third-order valence-corrected chi connectivity index (χ3v) is 5.48. The first-order valence-corrected chi connectivity index (χ1v) is 10.7. The molecule has 2 amide bonds. The number of nitrogens with zero attached hydrogens (tertiary/aromatic N) is 2. The molecule has 1 aliphatic rings. The van der Waals surface area contributed by atoms with E-state index in [1.165, 1.54) is 12.1 Å². The molecule has 2 N–H and O–H groups in total. The van der Waals surface area contributed by atoms with Gasteiger partial charge in [-0.2, -0.15) is 0 Å². The zero-order valence-corrected chi connectivity index (χ0v) is 17.2. The van der Waals surface area contributed by atoms with Crippen molar-refractivity contribution in [1.82, 2.24) is 9.80 Å². The van der Waals surface area contributed by atoms with E-state index in [4.69, 9.17) is 0 Å². The fraction of sp³-hybridized carbons (Fsp3) is 0.333. The molecule has 0 aliphatic carbocycles. The van der Waals surface area contributed by atoms with E-state index in [0.29, 0.717) is 38.4 Å². The van der Waals surface area contributed by atoms with Gasteiger partial charge in [0.15, 0.2) is 0 Å². The molecule has 29 heavy (non-hydrogen) atoms. The third kappa shape index (κ3) is 6.56. The van der Waals surface area contributed by atoms with Crippen LogP contribution in [0.3, 0.4) is 0 Å². The van der Waals surface area contributed by atoms with Gasteiger partial charge in [0.1, 0.15) is 5.82 Å². The lowest BCUT2D eigenvalue weighted by molar-refractivity contribution is -0.120. The predicted molar refractivity (Wildman–Crippen MR) is 115 cm³/mol. The van der Waals surface area contributed by atoms with Crippen LogP contribution in [0.15, 0.2) is 53.4 Å². The van der Waals surface area contributed by atoms with Crippen molar-refractivity contribution in [3.05, 3.63) is 54.3 Å². The van der Waals surface area contributed by atoms with Gasteiger partial charge in [-0.25, -0.2) is 4.39 Å². The SMILES string of the molecule is CSc1ccccc1NC(=O)CN1CCN(CC(=O)Nc2cccc(F)c2)CC1. The topological polar surface area (TPSA) is 64.7 Å². The maximum atomic E-state index is 13.2. The second-order valence-electron chi connectivity index (χ2n) is 6.86. The van der Waals surface area contributed by atoms with Crippen LogP contribution in [-0.2, 0) is 9.59 Å². The van der Waals surface area contributed by atoms with E-state index in [2.05, 4.69) is 15.5 Å². The average Bonchev–Trinajstić information content (AvgIpc) is 2.70. The molecule has 1 aliphatic heterocycles. The van der Waals surface area contributed by atoms with Crippen LogP contribution in [0.4, 0.5) is 15.8 Å². The first-order chi connectivity index (χ1) is 14.0. The zero-order valence-electron chi connectivity index (χ0n) is 16.4. The summed E-state index contributed by atoms with van der Waals surface area (Å²) in [5, 5.41) is 5.69. The number of halogens is 1. The van der Waals surface area contributed by atoms with Crippen LogP contribution >= 0.6 is 11.8 Å². The van der Waals surface area contributed by atoms with Crippen molar-refractivity contribution in [3.8, 4) is 0 Å². The van der Waals surface area contributed by atoms with Gasteiger partial charge in [0, 0.05) is 36.8 Å². The highest BCUT2D eigenvalue weighted by atomic mass is 32.2. The van der Waals surface area contributed by atoms with E-state index in [9.17, 15) is 14.0 Å². The van der Waals surface area contributed by atoms with E-state index in [0.717, 1.165) is 10.6 Å².